The number of nitrogens with one attached hydrogen (secondary N) is 1. The van der Waals surface area contributed by atoms with Gasteiger partial charge in [0.25, 0.3) is 5.91 Å². The predicted molar refractivity (Wildman–Crippen MR) is 129 cm³/mol. The Labute approximate surface area is 208 Å². The largest absolute Gasteiger partial charge is 0.481 e. The second kappa shape index (κ2) is 12.4. The lowest BCUT2D eigenvalue weighted by molar-refractivity contribution is 0.0934. The van der Waals surface area contributed by atoms with Gasteiger partial charge in [0.2, 0.25) is 11.8 Å². The topological polar surface area (TPSA) is 118 Å². The lowest BCUT2D eigenvalue weighted by Gasteiger charge is -2.27. The van der Waals surface area contributed by atoms with Crippen LogP contribution in [-0.4, -0.2) is 43.3 Å². The third kappa shape index (κ3) is 6.57. The summed E-state index contributed by atoms with van der Waals surface area (Å²) in [7, 11) is -1.04. The van der Waals surface area contributed by atoms with Crippen LogP contribution in [0.15, 0.2) is 54.6 Å². The standard InChI is InChI=1S/C24H27FN3O7P/c1-5-33-36(30,34-6-2)23(16-11-13-17(25)14-12-16)28-22(29)18-9-7-8-10-19(18)35-24-26-20(31-3)15-21(27-24)32-4/h7-15,23H,5-6H2,1-4H3,(H,28,29). The molecule has 0 fully saturated rings. The molecule has 0 saturated heterocycles. The van der Waals surface area contributed by atoms with Crippen molar-refractivity contribution in [1.82, 2.24) is 15.3 Å². The minimum Gasteiger partial charge on any atom is -0.481 e. The lowest BCUT2D eigenvalue weighted by Crippen LogP contribution is -2.30. The summed E-state index contributed by atoms with van der Waals surface area (Å²) in [5.41, 5.74) is 0.434. The molecule has 1 atom stereocenters. The summed E-state index contributed by atoms with van der Waals surface area (Å²) in [6, 6.07) is 12.9. The van der Waals surface area contributed by atoms with Gasteiger partial charge in [0, 0.05) is 0 Å². The summed E-state index contributed by atoms with van der Waals surface area (Å²) < 4.78 is 54.2. The number of benzene rings is 2. The number of ether oxygens (including phenoxy) is 3. The van der Waals surface area contributed by atoms with Crippen LogP contribution >= 0.6 is 7.60 Å². The van der Waals surface area contributed by atoms with Gasteiger partial charge in [-0.1, -0.05) is 24.3 Å². The summed E-state index contributed by atoms with van der Waals surface area (Å²) >= 11 is 0. The monoisotopic (exact) mass is 519 g/mol. The smallest absolute Gasteiger partial charge is 0.357 e. The number of methoxy groups -OCH3 is 2. The molecular weight excluding hydrogens is 492 g/mol. The number of aromatic nitrogens is 2. The highest BCUT2D eigenvalue weighted by Crippen LogP contribution is 2.59. The molecule has 2 aromatic carbocycles. The van der Waals surface area contributed by atoms with Gasteiger partial charge in [-0.2, -0.15) is 9.97 Å². The first-order valence-corrected chi connectivity index (χ1v) is 12.6. The average molecular weight is 519 g/mol. The zero-order valence-corrected chi connectivity index (χ0v) is 21.2. The van der Waals surface area contributed by atoms with Crippen molar-refractivity contribution < 1.29 is 37.0 Å². The summed E-state index contributed by atoms with van der Waals surface area (Å²) in [5.74, 6) is -1.83. The van der Waals surface area contributed by atoms with Crippen LogP contribution in [0.5, 0.6) is 23.5 Å². The van der Waals surface area contributed by atoms with Crippen LogP contribution in [0, 0.1) is 5.82 Å². The highest BCUT2D eigenvalue weighted by atomic mass is 31.2. The summed E-state index contributed by atoms with van der Waals surface area (Å²) in [4.78, 5) is 21.6. The van der Waals surface area contributed by atoms with Gasteiger partial charge in [0.05, 0.1) is 39.1 Å². The van der Waals surface area contributed by atoms with Crippen LogP contribution in [0.4, 0.5) is 4.39 Å². The van der Waals surface area contributed by atoms with Crippen LogP contribution in [-0.2, 0) is 13.6 Å². The quantitative estimate of drug-likeness (QED) is 0.325. The first-order chi connectivity index (χ1) is 17.3. The predicted octanol–water partition coefficient (Wildman–Crippen LogP) is 5.12. The van der Waals surface area contributed by atoms with E-state index in [1.54, 1.807) is 32.0 Å². The van der Waals surface area contributed by atoms with Gasteiger partial charge in [-0.15, -0.1) is 0 Å². The SMILES string of the molecule is CCOP(=O)(OCC)C(NC(=O)c1ccccc1Oc1nc(OC)cc(OC)n1)c1ccc(F)cc1. The maximum absolute atomic E-state index is 13.7. The molecule has 12 heteroatoms. The number of rotatable bonds is 12. The van der Waals surface area contributed by atoms with Gasteiger partial charge < -0.3 is 28.6 Å². The minimum absolute atomic E-state index is 0.0690. The fourth-order valence-corrected chi connectivity index (χ4v) is 5.12. The second-order valence-electron chi connectivity index (χ2n) is 7.14. The molecule has 36 heavy (non-hydrogen) atoms. The molecule has 1 heterocycles. The van der Waals surface area contributed by atoms with E-state index in [-0.39, 0.29) is 42.3 Å². The second-order valence-corrected chi connectivity index (χ2v) is 9.25. The number of para-hydroxylation sites is 1. The van der Waals surface area contributed by atoms with E-state index in [4.69, 9.17) is 23.3 Å². The molecule has 192 valence electrons. The molecule has 0 aliphatic carbocycles. The normalized spacial score (nSPS) is 12.0. The Morgan fingerprint density at radius 3 is 2.11 bits per heavy atom. The van der Waals surface area contributed by atoms with Crippen molar-refractivity contribution in [3.8, 4) is 23.5 Å². The van der Waals surface area contributed by atoms with Crippen molar-refractivity contribution >= 4 is 13.5 Å². The number of carbonyl (C=O) groups excluding carboxylic acids is 1. The van der Waals surface area contributed by atoms with E-state index in [9.17, 15) is 13.8 Å². The van der Waals surface area contributed by atoms with Gasteiger partial charge in [-0.05, 0) is 43.7 Å². The molecule has 1 N–H and O–H groups in total. The van der Waals surface area contributed by atoms with Crippen molar-refractivity contribution in [3.63, 3.8) is 0 Å². The van der Waals surface area contributed by atoms with Crippen LogP contribution in [0.2, 0.25) is 0 Å². The molecule has 3 rings (SSSR count). The van der Waals surface area contributed by atoms with Gasteiger partial charge >= 0.3 is 13.6 Å². The highest BCUT2D eigenvalue weighted by Gasteiger charge is 2.38. The van der Waals surface area contributed by atoms with E-state index in [1.807, 2.05) is 0 Å². The molecule has 0 aliphatic rings. The summed E-state index contributed by atoms with van der Waals surface area (Å²) in [6.45, 7) is 3.45. The molecule has 3 aromatic rings. The first-order valence-electron chi connectivity index (χ1n) is 11.0. The first kappa shape index (κ1) is 27.1. The molecule has 1 aromatic heterocycles. The molecule has 0 aliphatic heterocycles. The molecule has 1 amide bonds. The van der Waals surface area contributed by atoms with Crippen molar-refractivity contribution in [2.45, 2.75) is 19.6 Å². The zero-order chi connectivity index (χ0) is 26.1. The highest BCUT2D eigenvalue weighted by molar-refractivity contribution is 7.54. The van der Waals surface area contributed by atoms with E-state index in [1.165, 1.54) is 50.6 Å². The molecule has 1 unspecified atom stereocenters. The van der Waals surface area contributed by atoms with Gasteiger partial charge in [-0.3, -0.25) is 9.36 Å². The maximum Gasteiger partial charge on any atom is 0.357 e. The van der Waals surface area contributed by atoms with E-state index in [0.29, 0.717) is 5.56 Å². The minimum atomic E-state index is -3.90. The van der Waals surface area contributed by atoms with E-state index < -0.39 is 25.1 Å². The Morgan fingerprint density at radius 1 is 0.972 bits per heavy atom. The number of amides is 1. The molecule has 0 spiro atoms. The van der Waals surface area contributed by atoms with Gasteiger partial charge in [0.15, 0.2) is 5.78 Å². The average Bonchev–Trinajstić information content (AvgIpc) is 2.88. The van der Waals surface area contributed by atoms with Crippen molar-refractivity contribution in [3.05, 3.63) is 71.5 Å². The van der Waals surface area contributed by atoms with Crippen LogP contribution in [0.3, 0.4) is 0 Å². The van der Waals surface area contributed by atoms with Gasteiger partial charge in [0.1, 0.15) is 11.6 Å². The van der Waals surface area contributed by atoms with Crippen molar-refractivity contribution in [2.75, 3.05) is 27.4 Å². The van der Waals surface area contributed by atoms with E-state index in [2.05, 4.69) is 15.3 Å². The maximum atomic E-state index is 13.7. The third-order valence-electron chi connectivity index (χ3n) is 4.80. The number of hydrogen-bond donors (Lipinski definition) is 1. The third-order valence-corrected chi connectivity index (χ3v) is 7.09. The fourth-order valence-electron chi connectivity index (χ4n) is 3.22. The zero-order valence-electron chi connectivity index (χ0n) is 20.3. The molecule has 10 nitrogen and oxygen atoms in total. The molecule has 0 bridgehead atoms. The lowest BCUT2D eigenvalue weighted by atomic mass is 10.1. The summed E-state index contributed by atoms with van der Waals surface area (Å²) in [6.07, 6.45) is 0. The summed E-state index contributed by atoms with van der Waals surface area (Å²) in [5, 5.41) is 2.71. The molecule has 0 radical (unpaired) electrons. The Bertz CT molecular complexity index is 1190. The number of hydrogen-bond acceptors (Lipinski definition) is 9. The Balaban J connectivity index is 1.97. The molecular formula is C24H27FN3O7P. The Hall–Kier alpha value is -3.53. The van der Waals surface area contributed by atoms with Crippen LogP contribution in [0.25, 0.3) is 0 Å². The Morgan fingerprint density at radius 2 is 1.56 bits per heavy atom. The number of halogens is 1. The van der Waals surface area contributed by atoms with Crippen LogP contribution in [0.1, 0.15) is 35.6 Å². The van der Waals surface area contributed by atoms with E-state index >= 15 is 0 Å². The number of nitrogens with zero attached hydrogens (tertiary/aromatic N) is 2. The van der Waals surface area contributed by atoms with Crippen LogP contribution < -0.4 is 19.5 Å². The van der Waals surface area contributed by atoms with E-state index in [0.717, 1.165) is 0 Å². The number of carbonyl (C=O) groups is 1. The Kier molecular flexibility index (Phi) is 9.35. The molecule has 0 saturated carbocycles. The van der Waals surface area contributed by atoms with Gasteiger partial charge in [-0.25, -0.2) is 4.39 Å². The van der Waals surface area contributed by atoms with Crippen molar-refractivity contribution in [2.24, 2.45) is 0 Å². The van der Waals surface area contributed by atoms with Crippen molar-refractivity contribution in [1.29, 1.82) is 0 Å². The fraction of sp³-hybridized carbons (Fsp3) is 0.292.